The lowest BCUT2D eigenvalue weighted by Crippen LogP contribution is -2.26. The van der Waals surface area contributed by atoms with Crippen LogP contribution < -0.4 is 0 Å². The van der Waals surface area contributed by atoms with Crippen molar-refractivity contribution in [3.8, 4) is 0 Å². The van der Waals surface area contributed by atoms with Crippen molar-refractivity contribution in [1.29, 1.82) is 0 Å². The number of carboxylic acid groups (broad SMARTS) is 1. The molecule has 1 atom stereocenters. The molecular formula is C17H32O6. The average molecular weight is 332 g/mol. The van der Waals surface area contributed by atoms with Crippen LogP contribution in [0.25, 0.3) is 0 Å². The van der Waals surface area contributed by atoms with Gasteiger partial charge in [0.05, 0.1) is 0 Å². The van der Waals surface area contributed by atoms with Gasteiger partial charge in [0.15, 0.2) is 6.29 Å². The van der Waals surface area contributed by atoms with E-state index in [2.05, 4.69) is 13.8 Å². The zero-order valence-electron chi connectivity index (χ0n) is 14.7. The molecule has 0 heterocycles. The molecule has 0 saturated carbocycles. The normalized spacial score (nSPS) is 12.3. The lowest BCUT2D eigenvalue weighted by Gasteiger charge is -2.19. The van der Waals surface area contributed by atoms with Crippen molar-refractivity contribution >= 4 is 11.9 Å². The number of hydrogen-bond acceptors (Lipinski definition) is 5. The lowest BCUT2D eigenvalue weighted by atomic mass is 10.0. The van der Waals surface area contributed by atoms with Crippen LogP contribution in [0.3, 0.4) is 0 Å². The van der Waals surface area contributed by atoms with Crippen LogP contribution in [0.4, 0.5) is 0 Å². The van der Waals surface area contributed by atoms with Crippen molar-refractivity contribution in [2.75, 3.05) is 19.8 Å². The number of esters is 1. The summed E-state index contributed by atoms with van der Waals surface area (Å²) in [6.45, 7) is 7.25. The van der Waals surface area contributed by atoms with Crippen LogP contribution in [0.15, 0.2) is 0 Å². The summed E-state index contributed by atoms with van der Waals surface area (Å²) in [6, 6.07) is 0. The quantitative estimate of drug-likeness (QED) is 0.281. The first-order valence-electron chi connectivity index (χ1n) is 8.60. The van der Waals surface area contributed by atoms with E-state index in [-0.39, 0.29) is 31.3 Å². The first kappa shape index (κ1) is 21.9. The van der Waals surface area contributed by atoms with E-state index in [1.807, 2.05) is 6.92 Å². The highest BCUT2D eigenvalue weighted by Gasteiger charge is 2.16. The molecule has 0 aliphatic heterocycles. The zero-order valence-corrected chi connectivity index (χ0v) is 14.7. The van der Waals surface area contributed by atoms with Crippen molar-refractivity contribution in [2.45, 2.75) is 72.0 Å². The Hall–Kier alpha value is -1.14. The molecule has 0 aromatic rings. The Balaban J connectivity index is 4.03. The molecule has 0 fully saturated rings. The van der Waals surface area contributed by atoms with E-state index in [9.17, 15) is 9.59 Å². The molecule has 6 nitrogen and oxygen atoms in total. The second-order valence-corrected chi connectivity index (χ2v) is 5.80. The van der Waals surface area contributed by atoms with Gasteiger partial charge in [0.25, 0.3) is 0 Å². The molecule has 136 valence electrons. The summed E-state index contributed by atoms with van der Waals surface area (Å²) >= 11 is 0. The Morgan fingerprint density at radius 3 is 2.09 bits per heavy atom. The first-order chi connectivity index (χ1) is 11.0. The summed E-state index contributed by atoms with van der Waals surface area (Å²) in [5.41, 5.74) is 0. The summed E-state index contributed by atoms with van der Waals surface area (Å²) in [5.74, 6) is -1.20. The maximum absolute atomic E-state index is 11.8. The van der Waals surface area contributed by atoms with Crippen LogP contribution in [0, 0.1) is 5.92 Å². The Morgan fingerprint density at radius 1 is 1.04 bits per heavy atom. The number of carbonyl (C=O) groups excluding carboxylic acids is 1. The summed E-state index contributed by atoms with van der Waals surface area (Å²) in [4.78, 5) is 22.3. The van der Waals surface area contributed by atoms with Gasteiger partial charge < -0.3 is 19.3 Å². The monoisotopic (exact) mass is 332 g/mol. The van der Waals surface area contributed by atoms with E-state index >= 15 is 0 Å². The van der Waals surface area contributed by atoms with Crippen molar-refractivity contribution in [3.63, 3.8) is 0 Å². The van der Waals surface area contributed by atoms with Crippen molar-refractivity contribution in [1.82, 2.24) is 0 Å². The van der Waals surface area contributed by atoms with E-state index in [1.165, 1.54) is 0 Å². The topological polar surface area (TPSA) is 82.1 Å². The summed E-state index contributed by atoms with van der Waals surface area (Å²) in [6.07, 6.45) is 4.16. The van der Waals surface area contributed by atoms with Gasteiger partial charge in [-0.25, -0.2) is 0 Å². The third kappa shape index (κ3) is 14.2. The molecular weight excluding hydrogens is 300 g/mol. The summed E-state index contributed by atoms with van der Waals surface area (Å²) < 4.78 is 16.4. The van der Waals surface area contributed by atoms with Crippen LogP contribution in [0.2, 0.25) is 0 Å². The highest BCUT2D eigenvalue weighted by Crippen LogP contribution is 2.12. The molecule has 6 heteroatoms. The molecule has 1 N–H and O–H groups in total. The molecule has 0 aliphatic carbocycles. The fraction of sp³-hybridized carbons (Fsp3) is 0.882. The molecule has 0 saturated heterocycles. The predicted molar refractivity (Wildman–Crippen MR) is 87.1 cm³/mol. The van der Waals surface area contributed by atoms with E-state index in [1.54, 1.807) is 0 Å². The van der Waals surface area contributed by atoms with E-state index in [0.29, 0.717) is 19.6 Å². The van der Waals surface area contributed by atoms with E-state index < -0.39 is 12.3 Å². The van der Waals surface area contributed by atoms with Gasteiger partial charge in [-0.15, -0.1) is 0 Å². The molecule has 0 spiro atoms. The van der Waals surface area contributed by atoms with Crippen LogP contribution in [-0.2, 0) is 23.8 Å². The van der Waals surface area contributed by atoms with Gasteiger partial charge in [0.2, 0.25) is 0 Å². The molecule has 23 heavy (non-hydrogen) atoms. The predicted octanol–water partition coefficient (Wildman–Crippen LogP) is 3.38. The number of unbranched alkanes of at least 4 members (excludes halogenated alkanes) is 2. The molecule has 0 aromatic heterocycles. The first-order valence-corrected chi connectivity index (χ1v) is 8.60. The van der Waals surface area contributed by atoms with Crippen molar-refractivity contribution < 1.29 is 28.9 Å². The highest BCUT2D eigenvalue weighted by molar-refractivity contribution is 5.70. The fourth-order valence-electron chi connectivity index (χ4n) is 1.84. The van der Waals surface area contributed by atoms with Gasteiger partial charge in [-0.2, -0.15) is 0 Å². The van der Waals surface area contributed by atoms with Gasteiger partial charge in [0.1, 0.15) is 6.61 Å². The number of ether oxygens (including phenoxy) is 3. The molecule has 1 unspecified atom stereocenters. The molecule has 0 radical (unpaired) electrons. The van der Waals surface area contributed by atoms with Crippen LogP contribution >= 0.6 is 0 Å². The highest BCUT2D eigenvalue weighted by atomic mass is 16.7. The standard InChI is InChI=1S/C17H32O6/c1-4-6-10-21-17(22-11-7-5-2)13-23-16(20)12-14(3)8-9-15(18)19/h14,17H,4-13H2,1-3H3,(H,18,19). The van der Waals surface area contributed by atoms with E-state index in [4.69, 9.17) is 19.3 Å². The number of carboxylic acids is 1. The third-order valence-electron chi connectivity index (χ3n) is 3.35. The van der Waals surface area contributed by atoms with Crippen LogP contribution in [0.1, 0.15) is 65.7 Å². The van der Waals surface area contributed by atoms with Crippen molar-refractivity contribution in [3.05, 3.63) is 0 Å². The Bertz CT molecular complexity index is 308. The minimum absolute atomic E-state index is 0.0148. The van der Waals surface area contributed by atoms with Gasteiger partial charge in [-0.1, -0.05) is 33.6 Å². The zero-order chi connectivity index (χ0) is 17.5. The largest absolute Gasteiger partial charge is 0.481 e. The summed E-state index contributed by atoms with van der Waals surface area (Å²) in [7, 11) is 0. The van der Waals surface area contributed by atoms with Crippen molar-refractivity contribution in [2.24, 2.45) is 5.92 Å². The number of hydrogen-bond donors (Lipinski definition) is 1. The number of rotatable bonds is 15. The SMILES string of the molecule is CCCCOC(COC(=O)CC(C)CCC(=O)O)OCCCC. The Kier molecular flexibility index (Phi) is 13.7. The fourth-order valence-corrected chi connectivity index (χ4v) is 1.84. The molecule has 0 aromatic carbocycles. The van der Waals surface area contributed by atoms with Gasteiger partial charge in [0, 0.05) is 26.1 Å². The maximum atomic E-state index is 11.8. The molecule has 0 aliphatic rings. The molecule has 0 rings (SSSR count). The maximum Gasteiger partial charge on any atom is 0.306 e. The number of carbonyl (C=O) groups is 2. The second kappa shape index (κ2) is 14.5. The second-order valence-electron chi connectivity index (χ2n) is 5.80. The molecule has 0 amide bonds. The van der Waals surface area contributed by atoms with Crippen LogP contribution in [0.5, 0.6) is 0 Å². The molecule has 0 bridgehead atoms. The third-order valence-corrected chi connectivity index (χ3v) is 3.35. The van der Waals surface area contributed by atoms with Crippen LogP contribution in [-0.4, -0.2) is 43.2 Å². The minimum atomic E-state index is -0.848. The Morgan fingerprint density at radius 2 is 1.61 bits per heavy atom. The van der Waals surface area contributed by atoms with Gasteiger partial charge in [-0.3, -0.25) is 9.59 Å². The summed E-state index contributed by atoms with van der Waals surface area (Å²) in [5, 5.41) is 8.63. The lowest BCUT2D eigenvalue weighted by molar-refractivity contribution is -0.183. The van der Waals surface area contributed by atoms with Gasteiger partial charge in [-0.05, 0) is 25.2 Å². The number of aliphatic carboxylic acids is 1. The average Bonchev–Trinajstić information content (AvgIpc) is 2.50. The van der Waals surface area contributed by atoms with Gasteiger partial charge >= 0.3 is 11.9 Å². The smallest absolute Gasteiger partial charge is 0.306 e. The minimum Gasteiger partial charge on any atom is -0.481 e. The Labute approximate surface area is 139 Å². The van der Waals surface area contributed by atoms with E-state index in [0.717, 1.165) is 25.7 Å².